The predicted molar refractivity (Wildman–Crippen MR) is 115 cm³/mol. The molecule has 0 aliphatic carbocycles. The van der Waals surface area contributed by atoms with Gasteiger partial charge in [0.25, 0.3) is 0 Å². The van der Waals surface area contributed by atoms with E-state index < -0.39 is 11.9 Å². The van der Waals surface area contributed by atoms with Crippen LogP contribution in [0.5, 0.6) is 0 Å². The van der Waals surface area contributed by atoms with Gasteiger partial charge in [-0.05, 0) is 18.6 Å². The Morgan fingerprint density at radius 3 is 2.54 bits per heavy atom. The lowest BCUT2D eigenvalue weighted by Gasteiger charge is -2.22. The van der Waals surface area contributed by atoms with Gasteiger partial charge in [0, 0.05) is 32.9 Å². The van der Waals surface area contributed by atoms with Crippen molar-refractivity contribution >= 4 is 35.9 Å². The van der Waals surface area contributed by atoms with Gasteiger partial charge in [0.2, 0.25) is 5.95 Å². The first-order valence-electron chi connectivity index (χ1n) is 8.57. The number of alkyl halides is 3. The molecule has 0 aliphatic rings. The third-order valence-electron chi connectivity index (χ3n) is 3.56. The van der Waals surface area contributed by atoms with E-state index in [0.717, 1.165) is 17.8 Å². The Morgan fingerprint density at radius 1 is 1.18 bits per heavy atom. The van der Waals surface area contributed by atoms with Crippen molar-refractivity contribution in [3.63, 3.8) is 0 Å². The van der Waals surface area contributed by atoms with Gasteiger partial charge < -0.3 is 15.5 Å². The van der Waals surface area contributed by atoms with Gasteiger partial charge in [-0.3, -0.25) is 4.99 Å². The summed E-state index contributed by atoms with van der Waals surface area (Å²) >= 11 is 0. The van der Waals surface area contributed by atoms with Crippen LogP contribution in [-0.4, -0.2) is 47.5 Å². The van der Waals surface area contributed by atoms with Crippen LogP contribution in [0.2, 0.25) is 0 Å². The molecule has 0 radical (unpaired) electrons. The minimum absolute atomic E-state index is 0. The van der Waals surface area contributed by atoms with Crippen LogP contribution in [0.4, 0.5) is 19.1 Å². The summed E-state index contributed by atoms with van der Waals surface area (Å²) in [6.07, 6.45) is -3.41. The molecule has 0 aliphatic heterocycles. The fourth-order valence-corrected chi connectivity index (χ4v) is 2.33. The monoisotopic (exact) mass is 508 g/mol. The van der Waals surface area contributed by atoms with E-state index in [4.69, 9.17) is 0 Å². The molecule has 1 aromatic heterocycles. The Labute approximate surface area is 179 Å². The average Bonchev–Trinajstić information content (AvgIpc) is 2.64. The van der Waals surface area contributed by atoms with E-state index in [0.29, 0.717) is 32.1 Å². The fourth-order valence-electron chi connectivity index (χ4n) is 2.33. The standard InChI is InChI=1S/C18H23F3N6.HI/c1-3-22-17(27(2)13-14-7-5-4-6-8-14)25-12-11-24-16-23-10-9-15(26-16)18(19,20)21;/h4-10H,3,11-13H2,1-2H3,(H,22,25)(H,23,24,26);1H. The van der Waals surface area contributed by atoms with E-state index in [9.17, 15) is 13.2 Å². The Hall–Kier alpha value is -2.11. The molecular weight excluding hydrogens is 484 g/mol. The predicted octanol–water partition coefficient (Wildman–Crippen LogP) is 3.62. The molecule has 154 valence electrons. The number of rotatable bonds is 7. The van der Waals surface area contributed by atoms with Crippen molar-refractivity contribution < 1.29 is 13.2 Å². The van der Waals surface area contributed by atoms with Crippen LogP contribution in [-0.2, 0) is 12.7 Å². The van der Waals surface area contributed by atoms with E-state index in [2.05, 4.69) is 25.6 Å². The summed E-state index contributed by atoms with van der Waals surface area (Å²) in [7, 11) is 1.93. The minimum atomic E-state index is -4.49. The third kappa shape index (κ3) is 7.87. The van der Waals surface area contributed by atoms with Crippen LogP contribution in [0.15, 0.2) is 47.6 Å². The highest BCUT2D eigenvalue weighted by Crippen LogP contribution is 2.27. The molecule has 0 bridgehead atoms. The second-order valence-corrected chi connectivity index (χ2v) is 5.77. The van der Waals surface area contributed by atoms with E-state index in [1.54, 1.807) is 0 Å². The zero-order valence-corrected chi connectivity index (χ0v) is 18.0. The highest BCUT2D eigenvalue weighted by molar-refractivity contribution is 14.0. The van der Waals surface area contributed by atoms with Crippen molar-refractivity contribution in [1.82, 2.24) is 20.2 Å². The number of hydrogen-bond donors (Lipinski definition) is 2. The van der Waals surface area contributed by atoms with Crippen LogP contribution >= 0.6 is 24.0 Å². The van der Waals surface area contributed by atoms with Crippen LogP contribution in [0.25, 0.3) is 0 Å². The first-order valence-corrected chi connectivity index (χ1v) is 8.57. The van der Waals surface area contributed by atoms with E-state index >= 15 is 0 Å². The zero-order valence-electron chi connectivity index (χ0n) is 15.7. The number of hydrogen-bond acceptors (Lipinski definition) is 4. The van der Waals surface area contributed by atoms with Crippen LogP contribution in [0, 0.1) is 0 Å². The highest BCUT2D eigenvalue weighted by atomic mass is 127. The maximum atomic E-state index is 12.7. The van der Waals surface area contributed by atoms with Crippen molar-refractivity contribution in [1.29, 1.82) is 0 Å². The Bertz CT molecular complexity index is 740. The van der Waals surface area contributed by atoms with Crippen LogP contribution in [0.3, 0.4) is 0 Å². The molecular formula is C18H24F3IN6. The van der Waals surface area contributed by atoms with Gasteiger partial charge in [-0.15, -0.1) is 24.0 Å². The van der Waals surface area contributed by atoms with Gasteiger partial charge in [-0.2, -0.15) is 13.2 Å². The first kappa shape index (κ1) is 23.9. The highest BCUT2D eigenvalue weighted by Gasteiger charge is 2.32. The van der Waals surface area contributed by atoms with Crippen LogP contribution in [0.1, 0.15) is 18.2 Å². The zero-order chi connectivity index (χ0) is 19.7. The molecule has 0 spiro atoms. The smallest absolute Gasteiger partial charge is 0.357 e. The SMILES string of the molecule is CCNC(=NCCNc1nccc(C(F)(F)F)n1)N(C)Cc1ccccc1.I. The number of nitrogens with zero attached hydrogens (tertiary/aromatic N) is 4. The molecule has 28 heavy (non-hydrogen) atoms. The second kappa shape index (κ2) is 11.7. The summed E-state index contributed by atoms with van der Waals surface area (Å²) in [6, 6.07) is 10.8. The van der Waals surface area contributed by atoms with Crippen molar-refractivity contribution in [3.8, 4) is 0 Å². The van der Waals surface area contributed by atoms with Crippen molar-refractivity contribution in [3.05, 3.63) is 53.9 Å². The molecule has 0 unspecified atom stereocenters. The molecule has 2 N–H and O–H groups in total. The second-order valence-electron chi connectivity index (χ2n) is 5.77. The lowest BCUT2D eigenvalue weighted by Crippen LogP contribution is -2.38. The largest absolute Gasteiger partial charge is 0.433 e. The van der Waals surface area contributed by atoms with Crippen molar-refractivity contribution in [2.45, 2.75) is 19.6 Å². The number of anilines is 1. The van der Waals surface area contributed by atoms with Gasteiger partial charge in [-0.25, -0.2) is 9.97 Å². The first-order chi connectivity index (χ1) is 12.9. The normalized spacial score (nSPS) is 11.5. The van der Waals surface area contributed by atoms with Crippen molar-refractivity contribution in [2.24, 2.45) is 4.99 Å². The average molecular weight is 508 g/mol. The molecule has 6 nitrogen and oxygen atoms in total. The van der Waals surface area contributed by atoms with E-state index in [1.165, 1.54) is 0 Å². The maximum absolute atomic E-state index is 12.7. The summed E-state index contributed by atoms with van der Waals surface area (Å²) in [5.74, 6) is 0.649. The van der Waals surface area contributed by atoms with Crippen molar-refractivity contribution in [2.75, 3.05) is 32.0 Å². The summed E-state index contributed by atoms with van der Waals surface area (Å²) in [6.45, 7) is 4.05. The summed E-state index contributed by atoms with van der Waals surface area (Å²) in [4.78, 5) is 13.7. The summed E-state index contributed by atoms with van der Waals surface area (Å²) in [5.41, 5.74) is 0.181. The van der Waals surface area contributed by atoms with Gasteiger partial charge >= 0.3 is 6.18 Å². The quantitative estimate of drug-likeness (QED) is 0.259. The van der Waals surface area contributed by atoms with Gasteiger partial charge in [0.1, 0.15) is 5.69 Å². The van der Waals surface area contributed by atoms with Gasteiger partial charge in [0.05, 0.1) is 6.54 Å². The number of guanidine groups is 1. The Kier molecular flexibility index (Phi) is 9.97. The van der Waals surface area contributed by atoms with Gasteiger partial charge in [-0.1, -0.05) is 30.3 Å². The molecule has 2 rings (SSSR count). The van der Waals surface area contributed by atoms with Gasteiger partial charge in [0.15, 0.2) is 5.96 Å². The maximum Gasteiger partial charge on any atom is 0.433 e. The fraction of sp³-hybridized carbons (Fsp3) is 0.389. The summed E-state index contributed by atoms with van der Waals surface area (Å²) < 4.78 is 38.0. The van der Waals surface area contributed by atoms with E-state index in [-0.39, 0.29) is 29.9 Å². The number of nitrogens with one attached hydrogen (secondary N) is 2. The molecule has 0 atom stereocenters. The molecule has 0 fully saturated rings. The topological polar surface area (TPSA) is 65.4 Å². The molecule has 0 saturated heterocycles. The molecule has 0 amide bonds. The molecule has 2 aromatic rings. The molecule has 1 heterocycles. The third-order valence-corrected chi connectivity index (χ3v) is 3.56. The lowest BCUT2D eigenvalue weighted by atomic mass is 10.2. The lowest BCUT2D eigenvalue weighted by molar-refractivity contribution is -0.141. The number of halogens is 4. The molecule has 1 aromatic carbocycles. The Morgan fingerprint density at radius 2 is 1.89 bits per heavy atom. The number of aliphatic imine (C=N–C) groups is 1. The Balaban J connectivity index is 0.00000392. The van der Waals surface area contributed by atoms with E-state index in [1.807, 2.05) is 49.2 Å². The van der Waals surface area contributed by atoms with Crippen LogP contribution < -0.4 is 10.6 Å². The number of aromatic nitrogens is 2. The molecule has 0 saturated carbocycles. The minimum Gasteiger partial charge on any atom is -0.357 e. The molecule has 10 heteroatoms. The summed E-state index contributed by atoms with van der Waals surface area (Å²) in [5, 5.41) is 5.97. The number of benzene rings is 1.